The van der Waals surface area contributed by atoms with Crippen molar-refractivity contribution >= 4 is 23.5 Å². The smallest absolute Gasteiger partial charge is 0.292 e. The lowest BCUT2D eigenvalue weighted by Crippen LogP contribution is -2.51. The van der Waals surface area contributed by atoms with Gasteiger partial charge < -0.3 is 20.4 Å². The van der Waals surface area contributed by atoms with Crippen molar-refractivity contribution in [3.63, 3.8) is 0 Å². The number of oxime groups is 1. The molecular weight excluding hydrogens is 280 g/mol. The zero-order valence-electron chi connectivity index (χ0n) is 11.5. The number of rotatable bonds is 3. The first-order valence-corrected chi connectivity index (χ1v) is 7.50. The first kappa shape index (κ1) is 14.7. The molecule has 0 bridgehead atoms. The van der Waals surface area contributed by atoms with Crippen LogP contribution in [0.5, 0.6) is 0 Å². The van der Waals surface area contributed by atoms with E-state index in [9.17, 15) is 4.79 Å². The number of amides is 1. The van der Waals surface area contributed by atoms with Gasteiger partial charge in [0.25, 0.3) is 5.91 Å². The fraction of sp³-hybridized carbons (Fsp3) is 0.583. The Balaban J connectivity index is 2.06. The number of carbonyl (C=O) groups is 1. The number of hydrogen-bond acceptors (Lipinski definition) is 6. The van der Waals surface area contributed by atoms with Gasteiger partial charge in [0.2, 0.25) is 5.76 Å². The molecule has 8 heteroatoms. The molecule has 0 radical (unpaired) electrons. The van der Waals surface area contributed by atoms with Crippen LogP contribution in [0.2, 0.25) is 0 Å². The molecule has 0 aromatic carbocycles. The molecule has 0 atom stereocenters. The van der Waals surface area contributed by atoms with Gasteiger partial charge in [0.05, 0.1) is 10.4 Å². The lowest BCUT2D eigenvalue weighted by atomic mass is 9.94. The SMILES string of the molecule is CSC1(C(N)=NO)CCN(C(=O)c2cc(C)no2)CC1. The van der Waals surface area contributed by atoms with Crippen LogP contribution in [0.25, 0.3) is 0 Å². The van der Waals surface area contributed by atoms with Crippen LogP contribution in [-0.2, 0) is 0 Å². The molecule has 3 N–H and O–H groups in total. The van der Waals surface area contributed by atoms with Gasteiger partial charge in [-0.05, 0) is 26.0 Å². The fourth-order valence-electron chi connectivity index (χ4n) is 2.35. The molecule has 20 heavy (non-hydrogen) atoms. The first-order valence-electron chi connectivity index (χ1n) is 6.28. The Morgan fingerprint density at radius 1 is 1.60 bits per heavy atom. The summed E-state index contributed by atoms with van der Waals surface area (Å²) in [5, 5.41) is 15.7. The number of nitrogens with zero attached hydrogens (tertiary/aromatic N) is 3. The third kappa shape index (κ3) is 2.60. The second kappa shape index (κ2) is 5.74. The van der Waals surface area contributed by atoms with E-state index < -0.39 is 4.75 Å². The predicted octanol–water partition coefficient (Wildman–Crippen LogP) is 1.07. The van der Waals surface area contributed by atoms with Gasteiger partial charge in [-0.3, -0.25) is 4.79 Å². The number of amidine groups is 1. The second-order valence-corrected chi connectivity index (χ2v) is 6.00. The summed E-state index contributed by atoms with van der Waals surface area (Å²) in [5.74, 6) is 0.301. The van der Waals surface area contributed by atoms with Gasteiger partial charge in [-0.15, -0.1) is 0 Å². The van der Waals surface area contributed by atoms with Gasteiger partial charge >= 0.3 is 0 Å². The molecule has 110 valence electrons. The molecule has 0 aliphatic carbocycles. The third-order valence-electron chi connectivity index (χ3n) is 3.66. The molecule has 1 aromatic rings. The van der Waals surface area contributed by atoms with Crippen molar-refractivity contribution in [3.05, 3.63) is 17.5 Å². The van der Waals surface area contributed by atoms with Gasteiger partial charge in [0.1, 0.15) is 0 Å². The van der Waals surface area contributed by atoms with Crippen LogP contribution in [0, 0.1) is 6.92 Å². The van der Waals surface area contributed by atoms with E-state index in [2.05, 4.69) is 10.3 Å². The highest BCUT2D eigenvalue weighted by atomic mass is 32.2. The van der Waals surface area contributed by atoms with E-state index in [-0.39, 0.29) is 17.5 Å². The summed E-state index contributed by atoms with van der Waals surface area (Å²) in [4.78, 5) is 13.9. The van der Waals surface area contributed by atoms with Gasteiger partial charge in [-0.2, -0.15) is 11.8 Å². The number of aromatic nitrogens is 1. The zero-order valence-corrected chi connectivity index (χ0v) is 12.3. The molecule has 2 rings (SSSR count). The van der Waals surface area contributed by atoms with Crippen LogP contribution in [0.15, 0.2) is 15.7 Å². The summed E-state index contributed by atoms with van der Waals surface area (Å²) < 4.78 is 4.59. The number of likely N-dealkylation sites (tertiary alicyclic amines) is 1. The normalized spacial score (nSPS) is 19.1. The number of carbonyl (C=O) groups excluding carboxylic acids is 1. The molecule has 7 nitrogen and oxygen atoms in total. The second-order valence-electron chi connectivity index (χ2n) is 4.81. The highest BCUT2D eigenvalue weighted by molar-refractivity contribution is 8.00. The average Bonchev–Trinajstić information content (AvgIpc) is 2.92. The van der Waals surface area contributed by atoms with Crippen LogP contribution < -0.4 is 5.73 Å². The Bertz CT molecular complexity index is 521. The minimum atomic E-state index is -0.400. The van der Waals surface area contributed by atoms with Crippen LogP contribution in [0.3, 0.4) is 0 Å². The van der Waals surface area contributed by atoms with E-state index in [1.807, 2.05) is 6.26 Å². The Morgan fingerprint density at radius 2 is 2.25 bits per heavy atom. The lowest BCUT2D eigenvalue weighted by molar-refractivity contribution is 0.0676. The molecule has 1 amide bonds. The Hall–Kier alpha value is -1.70. The van der Waals surface area contributed by atoms with Gasteiger partial charge in [0.15, 0.2) is 5.84 Å². The number of hydrogen-bond donors (Lipinski definition) is 2. The van der Waals surface area contributed by atoms with Gasteiger partial charge in [-0.25, -0.2) is 0 Å². The molecule has 1 aromatic heterocycles. The van der Waals surface area contributed by atoms with Crippen molar-refractivity contribution in [2.24, 2.45) is 10.9 Å². The van der Waals surface area contributed by atoms with Gasteiger partial charge in [-0.1, -0.05) is 10.3 Å². The van der Waals surface area contributed by atoms with Crippen molar-refractivity contribution in [1.82, 2.24) is 10.1 Å². The van der Waals surface area contributed by atoms with E-state index >= 15 is 0 Å². The highest BCUT2D eigenvalue weighted by Crippen LogP contribution is 2.35. The quantitative estimate of drug-likeness (QED) is 0.374. The molecule has 1 saturated heterocycles. The summed E-state index contributed by atoms with van der Waals surface area (Å²) in [6, 6.07) is 1.63. The maximum atomic E-state index is 12.2. The van der Waals surface area contributed by atoms with E-state index in [1.165, 1.54) is 0 Å². The first-order chi connectivity index (χ1) is 9.52. The fourth-order valence-corrected chi connectivity index (χ4v) is 3.19. The Morgan fingerprint density at radius 3 is 2.70 bits per heavy atom. The predicted molar refractivity (Wildman–Crippen MR) is 76.0 cm³/mol. The summed E-state index contributed by atoms with van der Waals surface area (Å²) in [6.45, 7) is 2.85. The largest absolute Gasteiger partial charge is 0.409 e. The molecule has 1 fully saturated rings. The topological polar surface area (TPSA) is 105 Å². The minimum absolute atomic E-state index is 0.167. The average molecular weight is 298 g/mol. The number of thioether (sulfide) groups is 1. The maximum absolute atomic E-state index is 12.2. The summed E-state index contributed by atoms with van der Waals surface area (Å²) >= 11 is 1.55. The monoisotopic (exact) mass is 298 g/mol. The van der Waals surface area contributed by atoms with E-state index in [0.29, 0.717) is 31.6 Å². The molecule has 2 heterocycles. The third-order valence-corrected chi connectivity index (χ3v) is 5.06. The molecule has 1 aliphatic rings. The van der Waals surface area contributed by atoms with Crippen molar-refractivity contribution in [3.8, 4) is 0 Å². The van der Waals surface area contributed by atoms with E-state index in [1.54, 1.807) is 29.7 Å². The van der Waals surface area contributed by atoms with Crippen LogP contribution in [0.4, 0.5) is 0 Å². The van der Waals surface area contributed by atoms with Crippen molar-refractivity contribution in [2.45, 2.75) is 24.5 Å². The van der Waals surface area contributed by atoms with E-state index in [0.717, 1.165) is 0 Å². The number of piperidine rings is 1. The zero-order chi connectivity index (χ0) is 14.8. The summed E-state index contributed by atoms with van der Waals surface area (Å²) in [7, 11) is 0. The van der Waals surface area contributed by atoms with Crippen LogP contribution in [-0.4, -0.2) is 51.1 Å². The van der Waals surface area contributed by atoms with Crippen LogP contribution >= 0.6 is 11.8 Å². The Labute approximate surface area is 121 Å². The standard InChI is InChI=1S/C12H18N4O3S/c1-8-7-9(19-15-8)10(17)16-5-3-12(20-2,4-6-16)11(13)14-18/h7,18H,3-6H2,1-2H3,(H2,13,14). The highest BCUT2D eigenvalue weighted by Gasteiger charge is 2.39. The Kier molecular flexibility index (Phi) is 4.22. The van der Waals surface area contributed by atoms with E-state index in [4.69, 9.17) is 15.5 Å². The van der Waals surface area contributed by atoms with Crippen molar-refractivity contribution in [2.75, 3.05) is 19.3 Å². The summed E-state index contributed by atoms with van der Waals surface area (Å²) in [5.41, 5.74) is 6.46. The number of nitrogens with two attached hydrogens (primary N) is 1. The van der Waals surface area contributed by atoms with Gasteiger partial charge in [0, 0.05) is 19.2 Å². The van der Waals surface area contributed by atoms with Crippen LogP contribution in [0.1, 0.15) is 29.1 Å². The summed E-state index contributed by atoms with van der Waals surface area (Å²) in [6.07, 6.45) is 3.21. The van der Waals surface area contributed by atoms with Crippen molar-refractivity contribution in [1.29, 1.82) is 0 Å². The molecule has 1 aliphatic heterocycles. The minimum Gasteiger partial charge on any atom is -0.409 e. The van der Waals surface area contributed by atoms with Crippen molar-refractivity contribution < 1.29 is 14.5 Å². The molecule has 0 saturated carbocycles. The lowest BCUT2D eigenvalue weighted by Gasteiger charge is -2.39. The number of aryl methyl sites for hydroxylation is 1. The molecule has 0 spiro atoms. The molecular formula is C12H18N4O3S. The maximum Gasteiger partial charge on any atom is 0.292 e. The molecule has 0 unspecified atom stereocenters.